The molecule has 1 aliphatic carbocycles. The van der Waals surface area contributed by atoms with Crippen LogP contribution in [-0.4, -0.2) is 138 Å². The van der Waals surface area contributed by atoms with Crippen LogP contribution in [0.25, 0.3) is 0 Å². The van der Waals surface area contributed by atoms with Gasteiger partial charge in [0.25, 0.3) is 0 Å². The fourth-order valence-corrected chi connectivity index (χ4v) is 7.95. The van der Waals surface area contributed by atoms with E-state index >= 15 is 0 Å². The number of nitrogens with one attached hydrogen (secondary N) is 6. The van der Waals surface area contributed by atoms with Crippen LogP contribution in [0.5, 0.6) is 0 Å². The molecule has 4 rings (SSSR count). The first-order chi connectivity index (χ1) is 34.1. The van der Waals surface area contributed by atoms with Gasteiger partial charge in [0.2, 0.25) is 35.4 Å². The van der Waals surface area contributed by atoms with Crippen LogP contribution < -0.4 is 31.9 Å². The molecule has 0 saturated heterocycles. The normalized spacial score (nSPS) is 17.6. The Morgan fingerprint density at radius 1 is 0.347 bits per heavy atom. The molecule has 0 aliphatic heterocycles. The average molecular weight is 1000 g/mol. The molecule has 1 fully saturated rings. The monoisotopic (exact) mass is 1000 g/mol. The quantitative estimate of drug-likeness (QED) is 0.0451. The molecule has 0 spiro atoms. The van der Waals surface area contributed by atoms with Gasteiger partial charge in [-0.3, -0.25) is 43.2 Å². The van der Waals surface area contributed by atoms with Crippen molar-refractivity contribution in [2.24, 2.45) is 17.8 Å². The summed E-state index contributed by atoms with van der Waals surface area (Å²) in [5.74, 6) is -19.9. The molecule has 0 aromatic heterocycles. The largest absolute Gasteiger partial charge is 0.481 e. The van der Waals surface area contributed by atoms with Gasteiger partial charge in [-0.2, -0.15) is 0 Å². The second-order valence-corrected chi connectivity index (χ2v) is 17.0. The number of hydrogen-bond donors (Lipinski definition) is 12. The van der Waals surface area contributed by atoms with Crippen LogP contribution in [-0.2, 0) is 76.8 Å². The predicted octanol–water partition coefficient (Wildman–Crippen LogP) is -0.666. The van der Waals surface area contributed by atoms with Crippen molar-refractivity contribution in [1.29, 1.82) is 0 Å². The van der Waals surface area contributed by atoms with Gasteiger partial charge < -0.3 is 62.5 Å². The third-order valence-corrected chi connectivity index (χ3v) is 11.5. The highest BCUT2D eigenvalue weighted by atomic mass is 16.4. The summed E-state index contributed by atoms with van der Waals surface area (Å²) >= 11 is 0. The molecule has 72 heavy (non-hydrogen) atoms. The van der Waals surface area contributed by atoms with E-state index in [0.717, 1.165) is 0 Å². The van der Waals surface area contributed by atoms with Crippen molar-refractivity contribution >= 4 is 71.3 Å². The van der Waals surface area contributed by atoms with E-state index in [0.29, 0.717) is 16.7 Å². The van der Waals surface area contributed by atoms with Crippen LogP contribution in [0.15, 0.2) is 91.0 Å². The highest BCUT2D eigenvalue weighted by Crippen LogP contribution is 2.35. The average Bonchev–Trinajstić information content (AvgIpc) is 3.32. The van der Waals surface area contributed by atoms with Crippen molar-refractivity contribution < 1.29 is 88.2 Å². The molecule has 0 bridgehead atoms. The van der Waals surface area contributed by atoms with Gasteiger partial charge >= 0.3 is 35.8 Å². The number of carboxylic acids is 6. The summed E-state index contributed by atoms with van der Waals surface area (Å²) in [6.07, 6.45) is -4.99. The van der Waals surface area contributed by atoms with Gasteiger partial charge in [0, 0.05) is 37.0 Å². The van der Waals surface area contributed by atoms with Crippen molar-refractivity contribution in [2.45, 2.75) is 94.0 Å². The smallest absolute Gasteiger partial charge is 0.326 e. The van der Waals surface area contributed by atoms with Crippen LogP contribution >= 0.6 is 0 Å². The standard InChI is InChI=1S/C48H54N6O18/c55-37(56)22-34(46(67)68)52-43(64)31(16-25-10-4-1-5-11-25)49-40(61)28-19-29(41(62)50-32(17-26-12-6-2-7-13-26)44(65)53-35(47(69)70)23-38(57)58)21-30(20-28)42(63)51-33(18-27-14-8-3-9-15-27)45(66)54-36(48(71)72)24-39(59)60/h1-15,28-36H,16-24H2,(H,49,61)(H,50,62)(H,51,63)(H,52,64)(H,53,65)(H,54,66)(H,55,56)(H,57,58)(H,59,60)(H,67,68)(H,69,70)(H,71,72)/t28?,29?,30?,31-,32-,33-,34-,35-,36?/m0/s1. The lowest BCUT2D eigenvalue weighted by Crippen LogP contribution is -2.56. The van der Waals surface area contributed by atoms with Gasteiger partial charge in [-0.05, 0) is 36.0 Å². The second kappa shape index (κ2) is 26.9. The summed E-state index contributed by atoms with van der Waals surface area (Å²) in [5, 5.41) is 70.8. The minimum Gasteiger partial charge on any atom is -0.481 e. The van der Waals surface area contributed by atoms with E-state index in [4.69, 9.17) is 0 Å². The third kappa shape index (κ3) is 18.0. The Labute approximate surface area is 409 Å². The molecule has 0 heterocycles. The number of benzene rings is 3. The van der Waals surface area contributed by atoms with E-state index in [-0.39, 0.29) is 38.5 Å². The molecular weight excluding hydrogens is 949 g/mol. The topological polar surface area (TPSA) is 398 Å². The maximum Gasteiger partial charge on any atom is 0.326 e. The van der Waals surface area contributed by atoms with E-state index in [1.807, 2.05) is 0 Å². The maximum absolute atomic E-state index is 14.4. The molecular formula is C48H54N6O18. The zero-order valence-corrected chi connectivity index (χ0v) is 38.3. The zero-order valence-electron chi connectivity index (χ0n) is 38.3. The van der Waals surface area contributed by atoms with E-state index in [1.165, 1.54) is 0 Å². The molecule has 1 aliphatic rings. The van der Waals surface area contributed by atoms with Crippen LogP contribution in [0, 0.1) is 17.8 Å². The summed E-state index contributed by atoms with van der Waals surface area (Å²) in [6, 6.07) is 13.7. The van der Waals surface area contributed by atoms with Crippen LogP contribution in [0.4, 0.5) is 0 Å². The van der Waals surface area contributed by atoms with Gasteiger partial charge in [0.1, 0.15) is 36.3 Å². The van der Waals surface area contributed by atoms with Crippen molar-refractivity contribution in [3.05, 3.63) is 108 Å². The number of hydrogen-bond acceptors (Lipinski definition) is 12. The van der Waals surface area contributed by atoms with E-state index in [9.17, 15) is 88.2 Å². The van der Waals surface area contributed by atoms with E-state index in [2.05, 4.69) is 31.9 Å². The first-order valence-corrected chi connectivity index (χ1v) is 22.4. The molecule has 24 nitrogen and oxygen atoms in total. The molecule has 3 unspecified atom stereocenters. The number of carbonyl (C=O) groups excluding carboxylic acids is 6. The van der Waals surface area contributed by atoms with Crippen LogP contribution in [0.2, 0.25) is 0 Å². The first-order valence-electron chi connectivity index (χ1n) is 22.4. The Bertz CT molecular complexity index is 2200. The lowest BCUT2D eigenvalue weighted by molar-refractivity contribution is -0.147. The first kappa shape index (κ1) is 55.9. The van der Waals surface area contributed by atoms with Crippen molar-refractivity contribution in [2.75, 3.05) is 0 Å². The summed E-state index contributed by atoms with van der Waals surface area (Å²) < 4.78 is 0. The minimum absolute atomic E-state index is 0.261. The molecule has 384 valence electrons. The Hall–Kier alpha value is -8.70. The molecule has 12 N–H and O–H groups in total. The van der Waals surface area contributed by atoms with Gasteiger partial charge in [-0.15, -0.1) is 0 Å². The molecule has 0 radical (unpaired) electrons. The van der Waals surface area contributed by atoms with Gasteiger partial charge in [0.15, 0.2) is 0 Å². The number of amides is 6. The molecule has 3 aromatic rings. The SMILES string of the molecule is O=C(O)CC(NC(=O)[C@H](Cc1ccccc1)NC(=O)C1CC(C(=O)N[C@@H](Cc2ccccc2)C(=O)N[C@@H](CC(=O)O)C(=O)O)CC(C(=O)N[C@@H](Cc2ccccc2)C(=O)N[C@@H](CC(=O)O)C(=O)O)C1)C(=O)O. The van der Waals surface area contributed by atoms with E-state index < -0.39 is 145 Å². The minimum atomic E-state index is -1.92. The molecule has 24 heteroatoms. The Kier molecular flexibility index (Phi) is 20.9. The van der Waals surface area contributed by atoms with Gasteiger partial charge in [-0.25, -0.2) is 14.4 Å². The Morgan fingerprint density at radius 2 is 0.569 bits per heavy atom. The number of carbonyl (C=O) groups is 12. The van der Waals surface area contributed by atoms with Crippen molar-refractivity contribution in [3.63, 3.8) is 0 Å². The Balaban J connectivity index is 1.73. The summed E-state index contributed by atoms with van der Waals surface area (Å²) in [4.78, 5) is 154. The van der Waals surface area contributed by atoms with Gasteiger partial charge in [0.05, 0.1) is 19.3 Å². The number of aliphatic carboxylic acids is 6. The summed E-state index contributed by atoms with van der Waals surface area (Å²) in [7, 11) is 0. The maximum atomic E-state index is 14.4. The second-order valence-electron chi connectivity index (χ2n) is 17.0. The fourth-order valence-electron chi connectivity index (χ4n) is 7.95. The highest BCUT2D eigenvalue weighted by molar-refractivity contribution is 5.96. The Morgan fingerprint density at radius 3 is 0.764 bits per heavy atom. The number of rotatable bonds is 27. The zero-order chi connectivity index (χ0) is 53.1. The van der Waals surface area contributed by atoms with Gasteiger partial charge in [-0.1, -0.05) is 91.0 Å². The summed E-state index contributed by atoms with van der Waals surface area (Å²) in [5.41, 5.74) is 1.40. The predicted molar refractivity (Wildman–Crippen MR) is 246 cm³/mol. The lowest BCUT2D eigenvalue weighted by Gasteiger charge is -2.35. The number of carboxylic acid groups (broad SMARTS) is 6. The molecule has 1 saturated carbocycles. The van der Waals surface area contributed by atoms with Crippen molar-refractivity contribution in [3.8, 4) is 0 Å². The lowest BCUT2D eigenvalue weighted by atomic mass is 9.73. The third-order valence-electron chi connectivity index (χ3n) is 11.5. The fraction of sp³-hybridized carbons (Fsp3) is 0.375. The van der Waals surface area contributed by atoms with Crippen LogP contribution in [0.1, 0.15) is 55.2 Å². The van der Waals surface area contributed by atoms with Crippen molar-refractivity contribution in [1.82, 2.24) is 31.9 Å². The summed E-state index contributed by atoms with van der Waals surface area (Å²) in [6.45, 7) is 0. The molecule has 3 aromatic carbocycles. The van der Waals surface area contributed by atoms with E-state index in [1.54, 1.807) is 91.0 Å². The molecule has 8 atom stereocenters. The molecule has 6 amide bonds. The highest BCUT2D eigenvalue weighted by Gasteiger charge is 2.42. The van der Waals surface area contributed by atoms with Crippen LogP contribution in [0.3, 0.4) is 0 Å².